The fourth-order valence-electron chi connectivity index (χ4n) is 5.30. The molecular formula is C26H30Cl3N3O4S. The van der Waals surface area contributed by atoms with Crippen LogP contribution in [0.4, 0.5) is 0 Å². The fraction of sp³-hybridized carbons (Fsp3) is 0.423. The molecule has 2 saturated heterocycles. The molecule has 0 aliphatic carbocycles. The van der Waals surface area contributed by atoms with E-state index in [9.17, 15) is 13.2 Å². The van der Waals surface area contributed by atoms with Gasteiger partial charge in [0.15, 0.2) is 0 Å². The maximum Gasteiger partial charge on any atom is 0.256 e. The van der Waals surface area contributed by atoms with Gasteiger partial charge in [0.1, 0.15) is 11.9 Å². The monoisotopic (exact) mass is 585 g/mol. The average Bonchev–Trinajstić information content (AvgIpc) is 3.27. The molecule has 2 aliphatic heterocycles. The molecule has 2 fully saturated rings. The topological polar surface area (TPSA) is 71.9 Å². The molecule has 2 aliphatic rings. The lowest BCUT2D eigenvalue weighted by atomic mass is 9.98. The third kappa shape index (κ3) is 6.04. The second kappa shape index (κ2) is 11.4. The van der Waals surface area contributed by atoms with Crippen LogP contribution in [0.5, 0.6) is 5.75 Å². The number of carbonyl (C=O) groups excluding carboxylic acids is 1. The first kappa shape index (κ1) is 28.0. The van der Waals surface area contributed by atoms with Gasteiger partial charge in [0, 0.05) is 49.9 Å². The number of nitrogens with zero attached hydrogens (tertiary/aromatic N) is 3. The van der Waals surface area contributed by atoms with Crippen molar-refractivity contribution in [3.8, 4) is 5.75 Å². The number of carbonyl (C=O) groups is 1. The molecule has 5 rings (SSSR count). The molecule has 3 aromatic rings. The van der Waals surface area contributed by atoms with E-state index in [2.05, 4.69) is 4.90 Å². The molecule has 1 amide bonds. The summed E-state index contributed by atoms with van der Waals surface area (Å²) in [7, 11) is -3.51. The molecule has 1 aromatic heterocycles. The number of ether oxygens (including phenoxy) is 1. The molecule has 7 nitrogen and oxygen atoms in total. The molecule has 11 heteroatoms. The lowest BCUT2D eigenvalue weighted by Crippen LogP contribution is -2.50. The summed E-state index contributed by atoms with van der Waals surface area (Å²) >= 11 is 12.1. The number of halogens is 3. The molecule has 37 heavy (non-hydrogen) atoms. The minimum Gasteiger partial charge on any atom is -0.490 e. The van der Waals surface area contributed by atoms with Crippen molar-refractivity contribution in [1.82, 2.24) is 13.8 Å². The van der Waals surface area contributed by atoms with Crippen LogP contribution in [0.1, 0.15) is 36.0 Å². The SMILES string of the molecule is CS(=O)(=O)n1cc(C(=O)N2CCC(N3CCC(Oc4ccc(Cl)c(Cl)c4)CC3)CC2)c2ccccc21.Cl. The fourth-order valence-corrected chi connectivity index (χ4v) is 6.40. The van der Waals surface area contributed by atoms with E-state index in [-0.39, 0.29) is 24.4 Å². The lowest BCUT2D eigenvalue weighted by molar-refractivity contribution is 0.0426. The number of hydrogen-bond donors (Lipinski definition) is 0. The van der Waals surface area contributed by atoms with Gasteiger partial charge in [-0.1, -0.05) is 41.4 Å². The summed E-state index contributed by atoms with van der Waals surface area (Å²) in [5.74, 6) is 0.632. The van der Waals surface area contributed by atoms with Gasteiger partial charge in [-0.3, -0.25) is 9.69 Å². The predicted molar refractivity (Wildman–Crippen MR) is 150 cm³/mol. The molecule has 0 radical (unpaired) electrons. The first-order chi connectivity index (χ1) is 17.2. The van der Waals surface area contributed by atoms with Crippen molar-refractivity contribution in [2.45, 2.75) is 37.8 Å². The van der Waals surface area contributed by atoms with Crippen molar-refractivity contribution >= 4 is 62.4 Å². The van der Waals surface area contributed by atoms with Gasteiger partial charge < -0.3 is 9.64 Å². The van der Waals surface area contributed by atoms with Crippen molar-refractivity contribution in [2.24, 2.45) is 0 Å². The molecule has 2 aromatic carbocycles. The van der Waals surface area contributed by atoms with Crippen molar-refractivity contribution in [1.29, 1.82) is 0 Å². The number of rotatable bonds is 5. The summed E-state index contributed by atoms with van der Waals surface area (Å²) in [5.41, 5.74) is 0.971. The van der Waals surface area contributed by atoms with Gasteiger partial charge in [0.05, 0.1) is 27.4 Å². The highest BCUT2D eigenvalue weighted by Crippen LogP contribution is 2.30. The van der Waals surface area contributed by atoms with E-state index < -0.39 is 10.0 Å². The van der Waals surface area contributed by atoms with E-state index in [0.29, 0.717) is 45.6 Å². The van der Waals surface area contributed by atoms with Gasteiger partial charge in [-0.25, -0.2) is 12.4 Å². The molecular weight excluding hydrogens is 557 g/mol. The lowest BCUT2D eigenvalue weighted by Gasteiger charge is -2.41. The van der Waals surface area contributed by atoms with E-state index in [1.54, 1.807) is 30.3 Å². The van der Waals surface area contributed by atoms with Gasteiger partial charge in [-0.2, -0.15) is 0 Å². The van der Waals surface area contributed by atoms with Gasteiger partial charge in [0.2, 0.25) is 10.0 Å². The van der Waals surface area contributed by atoms with Gasteiger partial charge in [-0.05, 0) is 43.9 Å². The van der Waals surface area contributed by atoms with Crippen LogP contribution in [0.3, 0.4) is 0 Å². The van der Waals surface area contributed by atoms with E-state index >= 15 is 0 Å². The molecule has 200 valence electrons. The Morgan fingerprint density at radius 2 is 1.62 bits per heavy atom. The number of fused-ring (bicyclic) bond motifs is 1. The Kier molecular flexibility index (Phi) is 8.65. The van der Waals surface area contributed by atoms with Crippen molar-refractivity contribution < 1.29 is 17.9 Å². The first-order valence-corrected chi connectivity index (χ1v) is 14.8. The summed E-state index contributed by atoms with van der Waals surface area (Å²) in [6.07, 6.45) is 6.43. The molecule has 0 unspecified atom stereocenters. The zero-order chi connectivity index (χ0) is 25.4. The third-order valence-electron chi connectivity index (χ3n) is 7.20. The maximum absolute atomic E-state index is 13.4. The Balaban J connectivity index is 0.00000320. The summed E-state index contributed by atoms with van der Waals surface area (Å²) in [6, 6.07) is 12.9. The van der Waals surface area contributed by atoms with Crippen molar-refractivity contribution in [3.05, 3.63) is 64.3 Å². The number of para-hydroxylation sites is 1. The predicted octanol–water partition coefficient (Wildman–Crippen LogP) is 5.33. The minimum absolute atomic E-state index is 0. The van der Waals surface area contributed by atoms with Crippen LogP contribution in [0, 0.1) is 0 Å². The third-order valence-corrected chi connectivity index (χ3v) is 8.96. The number of amides is 1. The number of hydrogen-bond acceptors (Lipinski definition) is 5. The molecule has 0 bridgehead atoms. The summed E-state index contributed by atoms with van der Waals surface area (Å²) in [5, 5.41) is 1.68. The number of likely N-dealkylation sites (tertiary alicyclic amines) is 2. The minimum atomic E-state index is -3.51. The second-order valence-corrected chi connectivity index (χ2v) is 12.2. The van der Waals surface area contributed by atoms with Crippen LogP contribution < -0.4 is 4.74 Å². The van der Waals surface area contributed by atoms with Gasteiger partial charge in [0.25, 0.3) is 5.91 Å². The average molecular weight is 587 g/mol. The normalized spacial score (nSPS) is 18.1. The summed E-state index contributed by atoms with van der Waals surface area (Å²) < 4.78 is 31.8. The Bertz CT molecular complexity index is 1380. The summed E-state index contributed by atoms with van der Waals surface area (Å²) in [6.45, 7) is 3.21. The Morgan fingerprint density at radius 1 is 0.946 bits per heavy atom. The van der Waals surface area contributed by atoms with Crippen LogP contribution in [0.2, 0.25) is 10.0 Å². The Labute approximate surface area is 233 Å². The molecule has 0 N–H and O–H groups in total. The van der Waals surface area contributed by atoms with Crippen LogP contribution in [-0.2, 0) is 10.0 Å². The molecule has 0 saturated carbocycles. The van der Waals surface area contributed by atoms with Crippen molar-refractivity contribution in [3.63, 3.8) is 0 Å². The van der Waals surface area contributed by atoms with Gasteiger partial charge >= 0.3 is 0 Å². The zero-order valence-electron chi connectivity index (χ0n) is 20.5. The zero-order valence-corrected chi connectivity index (χ0v) is 23.6. The van der Waals surface area contributed by atoms with E-state index in [1.165, 1.54) is 10.2 Å². The van der Waals surface area contributed by atoms with Crippen LogP contribution >= 0.6 is 35.6 Å². The number of piperidine rings is 2. The first-order valence-electron chi connectivity index (χ1n) is 12.2. The van der Waals surface area contributed by atoms with Crippen LogP contribution in [-0.4, -0.2) is 72.7 Å². The van der Waals surface area contributed by atoms with Crippen molar-refractivity contribution in [2.75, 3.05) is 32.4 Å². The molecule has 0 atom stereocenters. The van der Waals surface area contributed by atoms with Crippen LogP contribution in [0.25, 0.3) is 10.9 Å². The highest BCUT2D eigenvalue weighted by molar-refractivity contribution is 7.89. The highest BCUT2D eigenvalue weighted by atomic mass is 35.5. The Morgan fingerprint density at radius 3 is 2.27 bits per heavy atom. The highest BCUT2D eigenvalue weighted by Gasteiger charge is 2.31. The number of aromatic nitrogens is 1. The second-order valence-electron chi connectivity index (χ2n) is 9.57. The van der Waals surface area contributed by atoms with E-state index in [4.69, 9.17) is 27.9 Å². The Hall–Kier alpha value is -1.97. The molecule has 0 spiro atoms. The maximum atomic E-state index is 13.4. The van der Waals surface area contributed by atoms with Gasteiger partial charge in [-0.15, -0.1) is 12.4 Å². The van der Waals surface area contributed by atoms with E-state index in [1.807, 2.05) is 17.0 Å². The quantitative estimate of drug-likeness (QED) is 0.404. The number of benzene rings is 2. The standard InChI is InChI=1S/C26H29Cl2N3O4S.ClH/c1-36(33,34)31-17-22(21-4-2-3-5-25(21)31)26(32)30-12-8-18(9-13-30)29-14-10-19(11-15-29)35-20-6-7-23(27)24(28)16-20;/h2-7,16-19H,8-15H2,1H3;1H. The smallest absolute Gasteiger partial charge is 0.256 e. The molecule has 3 heterocycles. The summed E-state index contributed by atoms with van der Waals surface area (Å²) in [4.78, 5) is 17.7. The van der Waals surface area contributed by atoms with E-state index in [0.717, 1.165) is 50.8 Å². The van der Waals surface area contributed by atoms with Crippen LogP contribution in [0.15, 0.2) is 48.7 Å². The largest absolute Gasteiger partial charge is 0.490 e.